The van der Waals surface area contributed by atoms with Crippen LogP contribution in [0.25, 0.3) is 5.69 Å². The number of amides is 2. The van der Waals surface area contributed by atoms with Crippen LogP contribution in [-0.4, -0.2) is 33.3 Å². The molecule has 7 heteroatoms. The number of benzene rings is 1. The predicted molar refractivity (Wildman–Crippen MR) is 95.5 cm³/mol. The van der Waals surface area contributed by atoms with Gasteiger partial charge in [-0.1, -0.05) is 25.1 Å². The van der Waals surface area contributed by atoms with Gasteiger partial charge in [-0.25, -0.2) is 4.79 Å². The molecule has 7 nitrogen and oxygen atoms in total. The highest BCUT2D eigenvalue weighted by atomic mass is 16.2. The van der Waals surface area contributed by atoms with Gasteiger partial charge in [0.1, 0.15) is 5.54 Å². The summed E-state index contributed by atoms with van der Waals surface area (Å²) in [5.41, 5.74) is 2.64. The summed E-state index contributed by atoms with van der Waals surface area (Å²) in [5.74, 6) is 1.35. The van der Waals surface area contributed by atoms with Gasteiger partial charge in [-0.2, -0.15) is 4.68 Å². The third-order valence-electron chi connectivity index (χ3n) is 5.26. The Morgan fingerprint density at radius 1 is 1.24 bits per heavy atom. The molecule has 0 aliphatic heterocycles. The van der Waals surface area contributed by atoms with Crippen molar-refractivity contribution in [3.05, 3.63) is 35.2 Å². The number of hydrogen-bond acceptors (Lipinski definition) is 4. The summed E-state index contributed by atoms with van der Waals surface area (Å²) >= 11 is 0. The summed E-state index contributed by atoms with van der Waals surface area (Å²) in [6.07, 6.45) is 3.72. The molecule has 0 atom stereocenters. The molecule has 1 saturated carbocycles. The number of nitrogens with zero attached hydrogens (tertiary/aromatic N) is 4. The van der Waals surface area contributed by atoms with Crippen molar-refractivity contribution in [3.8, 4) is 5.69 Å². The Balaban J connectivity index is 2.10. The Hall–Kier alpha value is -2.44. The van der Waals surface area contributed by atoms with E-state index in [4.69, 9.17) is 0 Å². The van der Waals surface area contributed by atoms with Crippen LogP contribution >= 0.6 is 0 Å². The van der Waals surface area contributed by atoms with Crippen LogP contribution in [-0.2, 0) is 5.54 Å². The van der Waals surface area contributed by atoms with Crippen LogP contribution in [0.1, 0.15) is 49.6 Å². The molecule has 1 aliphatic rings. The van der Waals surface area contributed by atoms with Gasteiger partial charge in [0, 0.05) is 7.05 Å². The topological polar surface area (TPSA) is 84.7 Å². The average molecular weight is 342 g/mol. The summed E-state index contributed by atoms with van der Waals surface area (Å²) in [7, 11) is 1.63. The lowest BCUT2D eigenvalue weighted by Gasteiger charge is -2.38. The molecule has 2 N–H and O–H groups in total. The molecular weight excluding hydrogens is 316 g/mol. The summed E-state index contributed by atoms with van der Waals surface area (Å²) in [5, 5.41) is 18.4. The van der Waals surface area contributed by atoms with Gasteiger partial charge in [0.2, 0.25) is 0 Å². The van der Waals surface area contributed by atoms with Gasteiger partial charge >= 0.3 is 6.03 Å². The van der Waals surface area contributed by atoms with Crippen LogP contribution in [0.15, 0.2) is 18.2 Å². The summed E-state index contributed by atoms with van der Waals surface area (Å²) in [6.45, 7) is 6.35. The molecule has 0 bridgehead atoms. The fourth-order valence-corrected chi connectivity index (χ4v) is 3.72. The Bertz CT molecular complexity index is 740. The standard InChI is InChI=1S/C18H26N6O/c1-12-8-10-18(11-9-12,20-17(25)19-4)16-21-22-23-24(16)15-13(2)6-5-7-14(15)3/h5-7,12H,8-11H2,1-4H3,(H2,19,20,25). The van der Waals surface area contributed by atoms with E-state index in [-0.39, 0.29) is 6.03 Å². The second-order valence-electron chi connectivity index (χ2n) is 7.12. The fourth-order valence-electron chi connectivity index (χ4n) is 3.72. The third-order valence-corrected chi connectivity index (χ3v) is 5.26. The highest BCUT2D eigenvalue weighted by Crippen LogP contribution is 2.39. The van der Waals surface area contributed by atoms with Crippen molar-refractivity contribution in [1.82, 2.24) is 30.8 Å². The summed E-state index contributed by atoms with van der Waals surface area (Å²) in [6, 6.07) is 5.93. The molecule has 2 aromatic rings. The van der Waals surface area contributed by atoms with E-state index in [0.717, 1.165) is 42.5 Å². The Morgan fingerprint density at radius 3 is 2.48 bits per heavy atom. The fraction of sp³-hybridized carbons (Fsp3) is 0.556. The van der Waals surface area contributed by atoms with Crippen molar-refractivity contribution in [1.29, 1.82) is 0 Å². The largest absolute Gasteiger partial charge is 0.341 e. The van der Waals surface area contributed by atoms with Crippen molar-refractivity contribution in [2.45, 2.75) is 52.0 Å². The minimum Gasteiger partial charge on any atom is -0.341 e. The van der Waals surface area contributed by atoms with Gasteiger partial charge in [-0.05, 0) is 67.0 Å². The average Bonchev–Trinajstić information content (AvgIpc) is 3.07. The van der Waals surface area contributed by atoms with Gasteiger partial charge in [-0.3, -0.25) is 0 Å². The first-order valence-electron chi connectivity index (χ1n) is 8.82. The van der Waals surface area contributed by atoms with Crippen LogP contribution < -0.4 is 10.6 Å². The van der Waals surface area contributed by atoms with Crippen LogP contribution in [0.5, 0.6) is 0 Å². The number of tetrazole rings is 1. The number of aryl methyl sites for hydroxylation is 2. The van der Waals surface area contributed by atoms with Crippen molar-refractivity contribution in [2.24, 2.45) is 5.92 Å². The number of nitrogens with one attached hydrogen (secondary N) is 2. The lowest BCUT2D eigenvalue weighted by molar-refractivity contribution is 0.177. The van der Waals surface area contributed by atoms with E-state index in [1.165, 1.54) is 0 Å². The minimum atomic E-state index is -0.551. The summed E-state index contributed by atoms with van der Waals surface area (Å²) in [4.78, 5) is 12.1. The molecule has 0 radical (unpaired) electrons. The van der Waals surface area contributed by atoms with Gasteiger partial charge < -0.3 is 10.6 Å². The summed E-state index contributed by atoms with van der Waals surface area (Å²) < 4.78 is 1.80. The number of aromatic nitrogens is 4. The lowest BCUT2D eigenvalue weighted by atomic mass is 9.76. The molecule has 1 aromatic carbocycles. The van der Waals surface area contributed by atoms with Crippen LogP contribution in [0.4, 0.5) is 4.79 Å². The lowest BCUT2D eigenvalue weighted by Crippen LogP contribution is -2.52. The number of urea groups is 1. The van der Waals surface area contributed by atoms with Gasteiger partial charge in [0.15, 0.2) is 5.82 Å². The van der Waals surface area contributed by atoms with E-state index in [2.05, 4.69) is 59.1 Å². The zero-order chi connectivity index (χ0) is 18.0. The van der Waals surface area contributed by atoms with E-state index in [0.29, 0.717) is 11.7 Å². The molecule has 1 aliphatic carbocycles. The molecule has 1 heterocycles. The van der Waals surface area contributed by atoms with Crippen LogP contribution in [0.2, 0.25) is 0 Å². The van der Waals surface area contributed by atoms with Crippen molar-refractivity contribution < 1.29 is 4.79 Å². The highest BCUT2D eigenvalue weighted by molar-refractivity contribution is 5.74. The highest BCUT2D eigenvalue weighted by Gasteiger charge is 2.42. The normalized spacial score (nSPS) is 23.3. The van der Waals surface area contributed by atoms with Crippen LogP contribution in [0, 0.1) is 19.8 Å². The van der Waals surface area contributed by atoms with E-state index in [1.54, 1.807) is 11.7 Å². The first-order valence-corrected chi connectivity index (χ1v) is 8.82. The molecule has 134 valence electrons. The SMILES string of the molecule is CNC(=O)NC1(c2nnnn2-c2c(C)cccc2C)CCC(C)CC1. The maximum absolute atomic E-state index is 12.1. The molecule has 0 saturated heterocycles. The zero-order valence-electron chi connectivity index (χ0n) is 15.3. The smallest absolute Gasteiger partial charge is 0.315 e. The van der Waals surface area contributed by atoms with Crippen LogP contribution in [0.3, 0.4) is 0 Å². The number of para-hydroxylation sites is 1. The molecular formula is C18H26N6O. The number of carbonyl (C=O) groups excluding carboxylic acids is 1. The molecule has 0 unspecified atom stereocenters. The first-order chi connectivity index (χ1) is 12.0. The second kappa shape index (κ2) is 6.82. The van der Waals surface area contributed by atoms with Gasteiger partial charge in [0.05, 0.1) is 5.69 Å². The van der Waals surface area contributed by atoms with Crippen molar-refractivity contribution >= 4 is 6.03 Å². The van der Waals surface area contributed by atoms with E-state index in [1.807, 2.05) is 6.07 Å². The van der Waals surface area contributed by atoms with E-state index in [9.17, 15) is 4.79 Å². The number of carbonyl (C=O) groups is 1. The molecule has 0 spiro atoms. The third kappa shape index (κ3) is 3.23. The maximum Gasteiger partial charge on any atom is 0.315 e. The minimum absolute atomic E-state index is 0.203. The maximum atomic E-state index is 12.1. The predicted octanol–water partition coefficient (Wildman–Crippen LogP) is 2.61. The second-order valence-corrected chi connectivity index (χ2v) is 7.12. The molecule has 25 heavy (non-hydrogen) atoms. The molecule has 3 rings (SSSR count). The molecule has 1 fully saturated rings. The Morgan fingerprint density at radius 2 is 1.88 bits per heavy atom. The first kappa shape index (κ1) is 17.4. The Kier molecular flexibility index (Phi) is 4.74. The monoisotopic (exact) mass is 342 g/mol. The van der Waals surface area contributed by atoms with E-state index < -0.39 is 5.54 Å². The quantitative estimate of drug-likeness (QED) is 0.898. The zero-order valence-corrected chi connectivity index (χ0v) is 15.3. The van der Waals surface area contributed by atoms with Gasteiger partial charge in [0.25, 0.3) is 0 Å². The van der Waals surface area contributed by atoms with Crippen molar-refractivity contribution in [2.75, 3.05) is 7.05 Å². The molecule has 2 amide bonds. The van der Waals surface area contributed by atoms with E-state index >= 15 is 0 Å². The van der Waals surface area contributed by atoms with Crippen molar-refractivity contribution in [3.63, 3.8) is 0 Å². The van der Waals surface area contributed by atoms with Gasteiger partial charge in [-0.15, -0.1) is 5.10 Å². The molecule has 1 aromatic heterocycles. The number of rotatable bonds is 3. The Labute approximate surface area is 148 Å². The number of hydrogen-bond donors (Lipinski definition) is 2.